The Morgan fingerprint density at radius 2 is 1.90 bits per heavy atom. The molecule has 0 aliphatic carbocycles. The predicted octanol–water partition coefficient (Wildman–Crippen LogP) is 2.23. The standard InChI is InChI=1S/C20H26N4O5S/c1-27-16-4-5-17(28-2)14(10-16)12-23-6-8-24(9-7-23)18(25)11-15-13-30-19(21-15)22-20(26)29-3/h4-5,10,13H,6-9,11-12H2,1-3H3,(H,21,22,26). The summed E-state index contributed by atoms with van der Waals surface area (Å²) >= 11 is 1.27. The van der Waals surface area contributed by atoms with Crippen molar-refractivity contribution in [3.8, 4) is 11.5 Å². The molecule has 2 aromatic rings. The lowest BCUT2D eigenvalue weighted by atomic mass is 10.1. The zero-order valence-corrected chi connectivity index (χ0v) is 18.2. The number of aromatic nitrogens is 1. The number of thiazole rings is 1. The van der Waals surface area contributed by atoms with Gasteiger partial charge in [0.2, 0.25) is 5.91 Å². The van der Waals surface area contributed by atoms with Crippen molar-refractivity contribution < 1.29 is 23.8 Å². The Hall–Kier alpha value is -2.85. The number of carbonyl (C=O) groups excluding carboxylic acids is 2. The van der Waals surface area contributed by atoms with E-state index in [-0.39, 0.29) is 12.3 Å². The highest BCUT2D eigenvalue weighted by Crippen LogP contribution is 2.25. The first-order valence-corrected chi connectivity index (χ1v) is 10.4. The van der Waals surface area contributed by atoms with Crippen LogP contribution in [-0.4, -0.2) is 74.3 Å². The maximum absolute atomic E-state index is 12.6. The minimum Gasteiger partial charge on any atom is -0.497 e. The van der Waals surface area contributed by atoms with Crippen molar-refractivity contribution in [2.24, 2.45) is 0 Å². The van der Waals surface area contributed by atoms with Crippen LogP contribution in [0.5, 0.6) is 11.5 Å². The van der Waals surface area contributed by atoms with Crippen LogP contribution in [0.3, 0.4) is 0 Å². The number of rotatable bonds is 7. The Kier molecular flexibility index (Phi) is 7.47. The van der Waals surface area contributed by atoms with E-state index in [4.69, 9.17) is 9.47 Å². The largest absolute Gasteiger partial charge is 0.497 e. The van der Waals surface area contributed by atoms with Crippen LogP contribution in [0.4, 0.5) is 9.93 Å². The van der Waals surface area contributed by atoms with E-state index in [2.05, 4.69) is 19.9 Å². The van der Waals surface area contributed by atoms with Crippen molar-refractivity contribution in [1.82, 2.24) is 14.8 Å². The Bertz CT molecular complexity index is 880. The number of benzene rings is 1. The van der Waals surface area contributed by atoms with Crippen LogP contribution in [0.25, 0.3) is 0 Å². The van der Waals surface area contributed by atoms with Gasteiger partial charge in [-0.25, -0.2) is 9.78 Å². The van der Waals surface area contributed by atoms with E-state index in [9.17, 15) is 9.59 Å². The first-order valence-electron chi connectivity index (χ1n) is 9.52. The molecule has 0 atom stereocenters. The molecule has 0 unspecified atom stereocenters. The Morgan fingerprint density at radius 3 is 2.57 bits per heavy atom. The van der Waals surface area contributed by atoms with Crippen molar-refractivity contribution in [2.75, 3.05) is 52.8 Å². The van der Waals surface area contributed by atoms with Gasteiger partial charge >= 0.3 is 6.09 Å². The molecule has 3 rings (SSSR count). The molecule has 10 heteroatoms. The van der Waals surface area contributed by atoms with Crippen LogP contribution < -0.4 is 14.8 Å². The zero-order chi connectivity index (χ0) is 21.5. The number of nitrogens with one attached hydrogen (secondary N) is 1. The van der Waals surface area contributed by atoms with Crippen LogP contribution in [0.15, 0.2) is 23.6 Å². The quantitative estimate of drug-likeness (QED) is 0.714. The van der Waals surface area contributed by atoms with Crippen molar-refractivity contribution in [3.05, 3.63) is 34.8 Å². The van der Waals surface area contributed by atoms with Gasteiger partial charge in [-0.3, -0.25) is 15.0 Å². The third-order valence-electron chi connectivity index (χ3n) is 4.88. The molecule has 0 bridgehead atoms. The smallest absolute Gasteiger partial charge is 0.413 e. The van der Waals surface area contributed by atoms with Gasteiger partial charge in [0.05, 0.1) is 33.4 Å². The Morgan fingerprint density at radius 1 is 1.13 bits per heavy atom. The van der Waals surface area contributed by atoms with Gasteiger partial charge in [0.15, 0.2) is 5.13 Å². The molecule has 30 heavy (non-hydrogen) atoms. The number of methoxy groups -OCH3 is 3. The summed E-state index contributed by atoms with van der Waals surface area (Å²) in [5, 5.41) is 4.70. The maximum atomic E-state index is 12.6. The Balaban J connectivity index is 1.51. The highest BCUT2D eigenvalue weighted by Gasteiger charge is 2.23. The van der Waals surface area contributed by atoms with Crippen LogP contribution in [0.1, 0.15) is 11.3 Å². The summed E-state index contributed by atoms with van der Waals surface area (Å²) in [5.41, 5.74) is 1.70. The second-order valence-electron chi connectivity index (χ2n) is 6.77. The predicted molar refractivity (Wildman–Crippen MR) is 113 cm³/mol. The molecule has 2 amide bonds. The number of amides is 2. The van der Waals surface area contributed by atoms with Crippen molar-refractivity contribution >= 4 is 28.5 Å². The average molecular weight is 435 g/mol. The van der Waals surface area contributed by atoms with Crippen LogP contribution in [0, 0.1) is 0 Å². The summed E-state index contributed by atoms with van der Waals surface area (Å²) in [4.78, 5) is 32.3. The second-order valence-corrected chi connectivity index (χ2v) is 7.63. The molecule has 1 aromatic heterocycles. The van der Waals surface area contributed by atoms with Gasteiger partial charge in [0, 0.05) is 43.7 Å². The van der Waals surface area contributed by atoms with Crippen LogP contribution >= 0.6 is 11.3 Å². The molecule has 2 heterocycles. The molecule has 1 aliphatic heterocycles. The van der Waals surface area contributed by atoms with E-state index in [1.54, 1.807) is 19.6 Å². The summed E-state index contributed by atoms with van der Waals surface area (Å²) in [6, 6.07) is 5.77. The summed E-state index contributed by atoms with van der Waals surface area (Å²) < 4.78 is 15.3. The first-order chi connectivity index (χ1) is 14.5. The van der Waals surface area contributed by atoms with Crippen molar-refractivity contribution in [3.63, 3.8) is 0 Å². The lowest BCUT2D eigenvalue weighted by Crippen LogP contribution is -2.48. The number of piperazine rings is 1. The summed E-state index contributed by atoms with van der Waals surface area (Å²) in [7, 11) is 4.59. The van der Waals surface area contributed by atoms with E-state index in [1.165, 1.54) is 18.4 Å². The number of hydrogen-bond acceptors (Lipinski definition) is 8. The highest BCUT2D eigenvalue weighted by molar-refractivity contribution is 7.13. The maximum Gasteiger partial charge on any atom is 0.413 e. The van der Waals surface area contributed by atoms with Gasteiger partial charge in [-0.2, -0.15) is 0 Å². The van der Waals surface area contributed by atoms with Crippen LogP contribution in [0.2, 0.25) is 0 Å². The van der Waals surface area contributed by atoms with E-state index in [0.29, 0.717) is 23.9 Å². The van der Waals surface area contributed by atoms with E-state index in [1.807, 2.05) is 23.1 Å². The third-order valence-corrected chi connectivity index (χ3v) is 5.69. The zero-order valence-electron chi connectivity index (χ0n) is 17.3. The highest BCUT2D eigenvalue weighted by atomic mass is 32.1. The summed E-state index contributed by atoms with van der Waals surface area (Å²) in [5.74, 6) is 1.65. The monoisotopic (exact) mass is 434 g/mol. The molecule has 0 saturated carbocycles. The number of ether oxygens (including phenoxy) is 3. The summed E-state index contributed by atoms with van der Waals surface area (Å²) in [6.45, 7) is 3.60. The van der Waals surface area contributed by atoms with Gasteiger partial charge < -0.3 is 19.1 Å². The molecule has 1 aliphatic rings. The summed E-state index contributed by atoms with van der Waals surface area (Å²) in [6.07, 6.45) is -0.366. The fourth-order valence-electron chi connectivity index (χ4n) is 3.25. The normalized spacial score (nSPS) is 14.3. The van der Waals surface area contributed by atoms with E-state index in [0.717, 1.165) is 36.7 Å². The molecular weight excluding hydrogens is 408 g/mol. The SMILES string of the molecule is COC(=O)Nc1nc(CC(=O)N2CCN(Cc3cc(OC)ccc3OC)CC2)cs1. The van der Waals surface area contributed by atoms with Gasteiger partial charge in [0.25, 0.3) is 0 Å². The molecule has 0 radical (unpaired) electrons. The van der Waals surface area contributed by atoms with E-state index >= 15 is 0 Å². The average Bonchev–Trinajstić information content (AvgIpc) is 3.20. The first kappa shape index (κ1) is 21.8. The van der Waals surface area contributed by atoms with Crippen molar-refractivity contribution in [1.29, 1.82) is 0 Å². The van der Waals surface area contributed by atoms with Crippen molar-refractivity contribution in [2.45, 2.75) is 13.0 Å². The molecule has 1 N–H and O–H groups in total. The molecule has 0 spiro atoms. The number of anilines is 1. The van der Waals surface area contributed by atoms with E-state index < -0.39 is 6.09 Å². The number of hydrogen-bond donors (Lipinski definition) is 1. The minimum atomic E-state index is -0.578. The van der Waals surface area contributed by atoms with Gasteiger partial charge in [-0.15, -0.1) is 11.3 Å². The second kappa shape index (κ2) is 10.3. The van der Waals surface area contributed by atoms with Gasteiger partial charge in [0.1, 0.15) is 11.5 Å². The molecule has 1 aromatic carbocycles. The number of carbonyl (C=O) groups is 2. The molecule has 162 valence electrons. The molecular formula is C20H26N4O5S. The third kappa shape index (κ3) is 5.61. The Labute approximate surface area is 179 Å². The van der Waals surface area contributed by atoms with Crippen LogP contribution in [-0.2, 0) is 22.5 Å². The van der Waals surface area contributed by atoms with Gasteiger partial charge in [-0.1, -0.05) is 0 Å². The number of nitrogens with zero attached hydrogens (tertiary/aromatic N) is 3. The minimum absolute atomic E-state index is 0.0310. The lowest BCUT2D eigenvalue weighted by Gasteiger charge is -2.35. The molecule has 1 fully saturated rings. The fourth-order valence-corrected chi connectivity index (χ4v) is 3.95. The topological polar surface area (TPSA) is 93.2 Å². The molecule has 9 nitrogen and oxygen atoms in total. The molecule has 1 saturated heterocycles. The van der Waals surface area contributed by atoms with Gasteiger partial charge in [-0.05, 0) is 18.2 Å². The fraction of sp³-hybridized carbons (Fsp3) is 0.450. The lowest BCUT2D eigenvalue weighted by molar-refractivity contribution is -0.132.